The van der Waals surface area contributed by atoms with Crippen LogP contribution in [-0.2, 0) is 0 Å². The SMILES string of the molecule is Cc1c(Cl)cccc1-[n+]1noc(NC(=O)NCC#N)n1. The molecule has 0 spiro atoms. The molecule has 9 heteroatoms. The van der Waals surface area contributed by atoms with Crippen molar-refractivity contribution in [2.45, 2.75) is 6.92 Å². The van der Waals surface area contributed by atoms with Gasteiger partial charge < -0.3 is 5.32 Å². The maximum atomic E-state index is 11.3. The summed E-state index contributed by atoms with van der Waals surface area (Å²) in [6, 6.07) is 6.32. The van der Waals surface area contributed by atoms with Gasteiger partial charge in [0.2, 0.25) is 5.27 Å². The molecule has 0 saturated carbocycles. The summed E-state index contributed by atoms with van der Waals surface area (Å²) in [6.45, 7) is 1.70. The molecule has 2 amide bonds. The van der Waals surface area contributed by atoms with Crippen molar-refractivity contribution >= 4 is 23.6 Å². The fraction of sp³-hybridized carbons (Fsp3) is 0.182. The van der Waals surface area contributed by atoms with Gasteiger partial charge in [0.25, 0.3) is 5.69 Å². The van der Waals surface area contributed by atoms with E-state index in [-0.39, 0.29) is 12.6 Å². The third-order valence-electron chi connectivity index (χ3n) is 2.39. The molecule has 0 atom stereocenters. The number of hydrogen-bond acceptors (Lipinski definition) is 5. The Morgan fingerprint density at radius 2 is 2.40 bits per heavy atom. The lowest BCUT2D eigenvalue weighted by molar-refractivity contribution is -0.725. The van der Waals surface area contributed by atoms with Crippen molar-refractivity contribution < 1.29 is 14.1 Å². The van der Waals surface area contributed by atoms with Gasteiger partial charge in [-0.2, -0.15) is 5.26 Å². The van der Waals surface area contributed by atoms with Gasteiger partial charge in [-0.3, -0.25) is 9.84 Å². The van der Waals surface area contributed by atoms with Crippen LogP contribution in [-0.4, -0.2) is 22.9 Å². The van der Waals surface area contributed by atoms with Gasteiger partial charge in [-0.05, 0) is 13.0 Å². The number of nitrogens with zero attached hydrogens (tertiary/aromatic N) is 4. The Labute approximate surface area is 118 Å². The Kier molecular flexibility index (Phi) is 4.12. The second-order valence-corrected chi connectivity index (χ2v) is 4.12. The molecule has 0 saturated heterocycles. The first-order chi connectivity index (χ1) is 9.61. The van der Waals surface area contributed by atoms with Crippen LogP contribution < -0.4 is 15.4 Å². The van der Waals surface area contributed by atoms with Gasteiger partial charge in [0, 0.05) is 11.6 Å². The molecule has 0 aliphatic carbocycles. The zero-order valence-electron chi connectivity index (χ0n) is 10.4. The van der Waals surface area contributed by atoms with E-state index in [1.165, 1.54) is 4.80 Å². The number of rotatable bonds is 3. The van der Waals surface area contributed by atoms with Crippen LogP contribution in [0.2, 0.25) is 5.02 Å². The largest absolute Gasteiger partial charge is 0.397 e. The Morgan fingerprint density at radius 3 is 3.15 bits per heavy atom. The number of hydrogen-bond donors (Lipinski definition) is 2. The Morgan fingerprint density at radius 1 is 1.60 bits per heavy atom. The quantitative estimate of drug-likeness (QED) is 0.647. The van der Waals surface area contributed by atoms with Crippen molar-refractivity contribution in [1.29, 1.82) is 5.26 Å². The summed E-state index contributed by atoms with van der Waals surface area (Å²) in [7, 11) is 0. The molecule has 1 aromatic heterocycles. The highest BCUT2D eigenvalue weighted by atomic mass is 35.5. The summed E-state index contributed by atoms with van der Waals surface area (Å²) < 4.78 is 4.87. The van der Waals surface area contributed by atoms with E-state index in [0.29, 0.717) is 10.7 Å². The minimum Gasteiger partial charge on any atom is -0.325 e. The molecule has 0 aliphatic rings. The Balaban J connectivity index is 2.15. The molecule has 0 aliphatic heterocycles. The lowest BCUT2D eigenvalue weighted by Crippen LogP contribution is -2.37. The Hall–Kier alpha value is -2.66. The number of aromatic nitrogens is 3. The van der Waals surface area contributed by atoms with Crippen LogP contribution in [0.25, 0.3) is 5.69 Å². The molecule has 102 valence electrons. The van der Waals surface area contributed by atoms with Crippen LogP contribution in [0.4, 0.5) is 10.8 Å². The smallest absolute Gasteiger partial charge is 0.325 e. The monoisotopic (exact) mass is 293 g/mol. The summed E-state index contributed by atoms with van der Waals surface area (Å²) in [5.74, 6) is 0. The molecule has 0 fully saturated rings. The second kappa shape index (κ2) is 5.99. The van der Waals surface area contributed by atoms with Gasteiger partial charge in [-0.15, -0.1) is 0 Å². The molecule has 2 aromatic rings. The maximum absolute atomic E-state index is 11.3. The third-order valence-corrected chi connectivity index (χ3v) is 2.80. The molecule has 20 heavy (non-hydrogen) atoms. The summed E-state index contributed by atoms with van der Waals surface area (Å²) in [5, 5.41) is 21.1. The van der Waals surface area contributed by atoms with Crippen LogP contribution in [0.3, 0.4) is 0 Å². The van der Waals surface area contributed by atoms with Crippen molar-refractivity contribution in [1.82, 2.24) is 15.7 Å². The number of carbonyl (C=O) groups is 1. The van der Waals surface area contributed by atoms with Gasteiger partial charge >= 0.3 is 12.0 Å². The van der Waals surface area contributed by atoms with E-state index in [4.69, 9.17) is 21.4 Å². The molecular weight excluding hydrogens is 284 g/mol. The topological polar surface area (TPSA) is 108 Å². The fourth-order valence-electron chi connectivity index (χ4n) is 1.42. The first-order valence-electron chi connectivity index (χ1n) is 5.55. The van der Waals surface area contributed by atoms with Crippen LogP contribution >= 0.6 is 11.6 Å². The predicted molar refractivity (Wildman–Crippen MR) is 68.2 cm³/mol. The highest BCUT2D eigenvalue weighted by Gasteiger charge is 2.22. The van der Waals surface area contributed by atoms with E-state index in [9.17, 15) is 4.79 Å². The van der Waals surface area contributed by atoms with Crippen LogP contribution in [0.1, 0.15) is 5.56 Å². The number of nitriles is 1. The van der Waals surface area contributed by atoms with Crippen LogP contribution in [0.15, 0.2) is 22.7 Å². The molecule has 2 rings (SSSR count). The lowest BCUT2D eigenvalue weighted by Gasteiger charge is -1.96. The number of carbonyl (C=O) groups excluding carboxylic acids is 1. The van der Waals surface area contributed by atoms with Gasteiger partial charge in [0.1, 0.15) is 11.3 Å². The molecular formula is C11H10ClN6O2+. The zero-order valence-corrected chi connectivity index (χ0v) is 11.2. The zero-order chi connectivity index (χ0) is 14.5. The second-order valence-electron chi connectivity index (χ2n) is 3.72. The van der Waals surface area contributed by atoms with Gasteiger partial charge in [-0.1, -0.05) is 17.7 Å². The average Bonchev–Trinajstić information content (AvgIpc) is 2.88. The highest BCUT2D eigenvalue weighted by Crippen LogP contribution is 2.18. The van der Waals surface area contributed by atoms with Crippen molar-refractivity contribution in [3.63, 3.8) is 0 Å². The lowest BCUT2D eigenvalue weighted by atomic mass is 10.2. The standard InChI is InChI=1S/C11H9ClN6O2/c1-7-8(12)3-2-4-9(7)18-16-11(20-17-18)15-10(19)14-6-5-13/h2-4H,6H2,1H3,(H-,14,15,16,17,19)/p+1. The molecule has 1 aromatic carbocycles. The van der Waals surface area contributed by atoms with Crippen molar-refractivity contribution in [3.05, 3.63) is 28.8 Å². The predicted octanol–water partition coefficient (Wildman–Crippen LogP) is 0.953. The van der Waals surface area contributed by atoms with Gasteiger partial charge in [0.15, 0.2) is 0 Å². The van der Waals surface area contributed by atoms with Crippen molar-refractivity contribution in [2.75, 3.05) is 11.9 Å². The van der Waals surface area contributed by atoms with Crippen LogP contribution in [0, 0.1) is 18.3 Å². The number of nitrogens with one attached hydrogen (secondary N) is 2. The molecule has 0 radical (unpaired) electrons. The number of urea groups is 1. The van der Waals surface area contributed by atoms with Crippen molar-refractivity contribution in [2.24, 2.45) is 0 Å². The summed E-state index contributed by atoms with van der Waals surface area (Å²) in [6.07, 6.45) is 0. The summed E-state index contributed by atoms with van der Waals surface area (Å²) >= 11 is 6.00. The minimum atomic E-state index is -0.606. The number of amides is 2. The van der Waals surface area contributed by atoms with E-state index < -0.39 is 6.03 Å². The van der Waals surface area contributed by atoms with E-state index in [1.54, 1.807) is 24.3 Å². The molecule has 2 N–H and O–H groups in total. The Bertz CT molecular complexity index is 678. The number of anilines is 1. The molecule has 0 bridgehead atoms. The third kappa shape index (κ3) is 3.02. The summed E-state index contributed by atoms with van der Waals surface area (Å²) in [4.78, 5) is 12.5. The van der Waals surface area contributed by atoms with Gasteiger partial charge in [-0.25, -0.2) is 4.79 Å². The van der Waals surface area contributed by atoms with Crippen molar-refractivity contribution in [3.8, 4) is 11.8 Å². The normalized spacial score (nSPS) is 9.85. The first kappa shape index (κ1) is 13.8. The fourth-order valence-corrected chi connectivity index (χ4v) is 1.59. The average molecular weight is 294 g/mol. The highest BCUT2D eigenvalue weighted by molar-refractivity contribution is 6.31. The summed E-state index contributed by atoms with van der Waals surface area (Å²) in [5.41, 5.74) is 1.41. The minimum absolute atomic E-state index is 0.0974. The van der Waals surface area contributed by atoms with E-state index >= 15 is 0 Å². The molecule has 8 nitrogen and oxygen atoms in total. The maximum Gasteiger partial charge on any atom is 0.397 e. The van der Waals surface area contributed by atoms with E-state index in [1.807, 2.05) is 6.92 Å². The van der Waals surface area contributed by atoms with E-state index in [2.05, 4.69) is 21.0 Å². The molecule has 1 heterocycles. The first-order valence-corrected chi connectivity index (χ1v) is 5.93. The van der Waals surface area contributed by atoms with Crippen LogP contribution in [0.5, 0.6) is 0 Å². The number of halogens is 1. The van der Waals surface area contributed by atoms with Gasteiger partial charge in [0.05, 0.1) is 16.2 Å². The number of benzene rings is 1. The van der Waals surface area contributed by atoms with E-state index in [0.717, 1.165) is 5.56 Å². The molecule has 0 unspecified atom stereocenters.